The number of ketones is 1. The number of Topliss-reactive ketones (excluding diaryl/α,β-unsaturated/α-hetero) is 1. The molecular weight excluding hydrogens is 188 g/mol. The van der Waals surface area contributed by atoms with Gasteiger partial charge in [0.05, 0.1) is 17.4 Å². The molecule has 0 atom stereocenters. The Hall–Kier alpha value is -1.64. The number of carbonyl (C=O) groups is 1. The van der Waals surface area contributed by atoms with Crippen molar-refractivity contribution in [2.24, 2.45) is 0 Å². The molecule has 2 rings (SSSR count). The third kappa shape index (κ3) is 5.62. The van der Waals surface area contributed by atoms with Crippen molar-refractivity contribution in [2.75, 3.05) is 0 Å². The highest BCUT2D eigenvalue weighted by molar-refractivity contribution is 5.73. The Morgan fingerprint density at radius 1 is 1.27 bits per heavy atom. The maximum absolute atomic E-state index is 9.44. The molecule has 0 spiro atoms. The van der Waals surface area contributed by atoms with Crippen LogP contribution in [0.25, 0.3) is 11.0 Å². The summed E-state index contributed by atoms with van der Waals surface area (Å²) >= 11 is 0. The third-order valence-electron chi connectivity index (χ3n) is 1.33. The van der Waals surface area contributed by atoms with Crippen LogP contribution in [0.15, 0.2) is 30.6 Å². The van der Waals surface area contributed by atoms with E-state index in [1.54, 1.807) is 6.33 Å². The molecular formula is C12H20N2O. The highest BCUT2D eigenvalue weighted by atomic mass is 16.1. The number of aromatic amines is 1. The molecule has 0 bridgehead atoms. The van der Waals surface area contributed by atoms with E-state index in [1.807, 2.05) is 38.1 Å². The standard InChI is InChI=1S/C7H6N2.C3H6O.C2H6.H2/c1-2-4-7-6(3-1)8-5-9-7;1-3(2)4;1-2;/h1-5H,(H,8,9);1-2H3;1-2H3;1H. The van der Waals surface area contributed by atoms with Gasteiger partial charge in [0.1, 0.15) is 5.78 Å². The largest absolute Gasteiger partial charge is 0.345 e. The lowest BCUT2D eigenvalue weighted by atomic mass is 10.3. The number of aromatic nitrogens is 2. The van der Waals surface area contributed by atoms with E-state index in [-0.39, 0.29) is 7.21 Å². The van der Waals surface area contributed by atoms with E-state index in [0.717, 1.165) is 11.0 Å². The zero-order valence-corrected chi connectivity index (χ0v) is 9.74. The fraction of sp³-hybridized carbons (Fsp3) is 0.333. The first-order chi connectivity index (χ1) is 7.20. The molecule has 0 saturated carbocycles. The van der Waals surface area contributed by atoms with E-state index >= 15 is 0 Å². The molecule has 0 aliphatic rings. The molecule has 1 heterocycles. The average Bonchev–Trinajstić information content (AvgIpc) is 2.67. The Bertz CT molecular complexity index is 364. The lowest BCUT2D eigenvalue weighted by Gasteiger charge is -1.81. The Balaban J connectivity index is 0. The molecule has 0 aliphatic carbocycles. The zero-order valence-electron chi connectivity index (χ0n) is 9.74. The van der Waals surface area contributed by atoms with Gasteiger partial charge >= 0.3 is 0 Å². The zero-order chi connectivity index (χ0) is 11.7. The van der Waals surface area contributed by atoms with Gasteiger partial charge in [-0.15, -0.1) is 0 Å². The van der Waals surface area contributed by atoms with E-state index in [0.29, 0.717) is 0 Å². The molecule has 1 aromatic heterocycles. The first-order valence-corrected chi connectivity index (χ1v) is 5.05. The van der Waals surface area contributed by atoms with Crippen LogP contribution in [0.1, 0.15) is 29.1 Å². The summed E-state index contributed by atoms with van der Waals surface area (Å²) in [5.41, 5.74) is 2.12. The Labute approximate surface area is 92.0 Å². The molecule has 1 aromatic carbocycles. The molecule has 0 amide bonds. The Morgan fingerprint density at radius 2 is 1.80 bits per heavy atom. The number of rotatable bonds is 0. The quantitative estimate of drug-likeness (QED) is 0.721. The minimum absolute atomic E-state index is 0. The number of nitrogens with one attached hydrogen (secondary N) is 1. The second-order valence-corrected chi connectivity index (χ2v) is 2.83. The number of imidazole rings is 1. The second kappa shape index (κ2) is 7.74. The van der Waals surface area contributed by atoms with Crippen LogP contribution in [0.3, 0.4) is 0 Å². The van der Waals surface area contributed by atoms with Gasteiger partial charge in [0.25, 0.3) is 0 Å². The Kier molecular flexibility index (Phi) is 6.89. The van der Waals surface area contributed by atoms with Crippen molar-refractivity contribution >= 4 is 16.8 Å². The lowest BCUT2D eigenvalue weighted by Crippen LogP contribution is -1.69. The summed E-state index contributed by atoms with van der Waals surface area (Å²) in [5, 5.41) is 0. The summed E-state index contributed by atoms with van der Waals surface area (Å²) in [6, 6.07) is 7.94. The van der Waals surface area contributed by atoms with Crippen molar-refractivity contribution in [3.8, 4) is 0 Å². The predicted molar refractivity (Wildman–Crippen MR) is 65.9 cm³/mol. The average molecular weight is 208 g/mol. The van der Waals surface area contributed by atoms with E-state index in [2.05, 4.69) is 9.97 Å². The van der Waals surface area contributed by atoms with Crippen molar-refractivity contribution in [3.63, 3.8) is 0 Å². The molecule has 0 radical (unpaired) electrons. The number of nitrogens with zero attached hydrogens (tertiary/aromatic N) is 1. The monoisotopic (exact) mass is 208 g/mol. The van der Waals surface area contributed by atoms with Gasteiger partial charge in [0.2, 0.25) is 0 Å². The molecule has 84 valence electrons. The summed E-state index contributed by atoms with van der Waals surface area (Å²) in [5.74, 6) is 0.167. The summed E-state index contributed by atoms with van der Waals surface area (Å²) < 4.78 is 0. The lowest BCUT2D eigenvalue weighted by molar-refractivity contribution is -0.114. The maximum atomic E-state index is 9.44. The minimum atomic E-state index is 0. The van der Waals surface area contributed by atoms with Gasteiger partial charge < -0.3 is 9.78 Å². The predicted octanol–water partition coefficient (Wildman–Crippen LogP) is 3.43. The van der Waals surface area contributed by atoms with Crippen LogP contribution in [0.2, 0.25) is 0 Å². The summed E-state index contributed by atoms with van der Waals surface area (Å²) in [7, 11) is 0. The smallest absolute Gasteiger partial charge is 0.126 e. The summed E-state index contributed by atoms with van der Waals surface area (Å²) in [4.78, 5) is 16.5. The molecule has 0 aliphatic heterocycles. The van der Waals surface area contributed by atoms with Gasteiger partial charge in [0, 0.05) is 1.43 Å². The fourth-order valence-electron chi connectivity index (χ4n) is 0.880. The highest BCUT2D eigenvalue weighted by Crippen LogP contribution is 2.05. The number of benzene rings is 1. The molecule has 15 heavy (non-hydrogen) atoms. The molecule has 3 nitrogen and oxygen atoms in total. The van der Waals surface area contributed by atoms with Crippen molar-refractivity contribution in [2.45, 2.75) is 27.7 Å². The first kappa shape index (κ1) is 13.4. The topological polar surface area (TPSA) is 45.8 Å². The van der Waals surface area contributed by atoms with Crippen LogP contribution >= 0.6 is 0 Å². The second-order valence-electron chi connectivity index (χ2n) is 2.83. The number of para-hydroxylation sites is 2. The van der Waals surface area contributed by atoms with Crippen molar-refractivity contribution in [1.29, 1.82) is 0 Å². The van der Waals surface area contributed by atoms with Gasteiger partial charge in [-0.25, -0.2) is 4.98 Å². The van der Waals surface area contributed by atoms with Gasteiger partial charge in [-0.1, -0.05) is 26.0 Å². The van der Waals surface area contributed by atoms with Gasteiger partial charge in [-0.3, -0.25) is 0 Å². The summed E-state index contributed by atoms with van der Waals surface area (Å²) in [6.07, 6.45) is 1.70. The van der Waals surface area contributed by atoms with Crippen molar-refractivity contribution in [3.05, 3.63) is 30.6 Å². The van der Waals surface area contributed by atoms with Gasteiger partial charge in [0.15, 0.2) is 0 Å². The molecule has 0 saturated heterocycles. The molecule has 2 aromatic rings. The normalized spacial score (nSPS) is 8.27. The van der Waals surface area contributed by atoms with Crippen molar-refractivity contribution in [1.82, 2.24) is 9.97 Å². The molecule has 1 N–H and O–H groups in total. The highest BCUT2D eigenvalue weighted by Gasteiger charge is 1.88. The Morgan fingerprint density at radius 3 is 2.33 bits per heavy atom. The van der Waals surface area contributed by atoms with Crippen LogP contribution in [-0.2, 0) is 4.79 Å². The minimum Gasteiger partial charge on any atom is -0.345 e. The van der Waals surface area contributed by atoms with E-state index in [9.17, 15) is 4.79 Å². The molecule has 0 fully saturated rings. The number of fused-ring (bicyclic) bond motifs is 1. The van der Waals surface area contributed by atoms with E-state index < -0.39 is 0 Å². The summed E-state index contributed by atoms with van der Waals surface area (Å²) in [6.45, 7) is 7.06. The van der Waals surface area contributed by atoms with Gasteiger partial charge in [-0.05, 0) is 26.0 Å². The number of H-pyrrole nitrogens is 1. The van der Waals surface area contributed by atoms with Crippen LogP contribution in [-0.4, -0.2) is 15.8 Å². The molecule has 3 heteroatoms. The SMILES string of the molecule is CC.CC(C)=O.[HH].c1ccc2[nH]cnc2c1. The van der Waals surface area contributed by atoms with Crippen LogP contribution in [0.4, 0.5) is 0 Å². The maximum Gasteiger partial charge on any atom is 0.126 e. The fourth-order valence-corrected chi connectivity index (χ4v) is 0.880. The number of hydrogen-bond acceptors (Lipinski definition) is 2. The van der Waals surface area contributed by atoms with E-state index in [4.69, 9.17) is 0 Å². The third-order valence-corrected chi connectivity index (χ3v) is 1.33. The number of carbonyl (C=O) groups excluding carboxylic acids is 1. The van der Waals surface area contributed by atoms with E-state index in [1.165, 1.54) is 13.8 Å². The van der Waals surface area contributed by atoms with Crippen molar-refractivity contribution < 1.29 is 6.22 Å². The van der Waals surface area contributed by atoms with Crippen LogP contribution in [0.5, 0.6) is 0 Å². The number of hydrogen-bond donors (Lipinski definition) is 1. The van der Waals surface area contributed by atoms with Crippen LogP contribution < -0.4 is 0 Å². The first-order valence-electron chi connectivity index (χ1n) is 5.05. The van der Waals surface area contributed by atoms with Crippen LogP contribution in [0, 0.1) is 0 Å². The molecule has 0 unspecified atom stereocenters. The van der Waals surface area contributed by atoms with Gasteiger partial charge in [-0.2, -0.15) is 0 Å².